The maximum absolute atomic E-state index is 12.4. The van der Waals surface area contributed by atoms with E-state index in [9.17, 15) is 14.4 Å². The van der Waals surface area contributed by atoms with E-state index in [0.717, 1.165) is 4.90 Å². The number of ether oxygens (including phenoxy) is 2. The fourth-order valence-corrected chi connectivity index (χ4v) is 2.09. The van der Waals surface area contributed by atoms with Gasteiger partial charge in [0.1, 0.15) is 5.75 Å². The van der Waals surface area contributed by atoms with Crippen LogP contribution in [-0.2, 0) is 9.53 Å². The summed E-state index contributed by atoms with van der Waals surface area (Å²) in [5.41, 5.74) is 6.96. The summed E-state index contributed by atoms with van der Waals surface area (Å²) in [7, 11) is 0. The number of carbonyl (C=O) groups is 3. The highest BCUT2D eigenvalue weighted by Gasteiger charge is 2.20. The molecule has 0 aliphatic heterocycles. The quantitative estimate of drug-likeness (QED) is 0.493. The number of urea groups is 1. The van der Waals surface area contributed by atoms with Crippen molar-refractivity contribution in [3.63, 3.8) is 0 Å². The van der Waals surface area contributed by atoms with Gasteiger partial charge >= 0.3 is 12.2 Å². The topological polar surface area (TPSA) is 111 Å². The number of amides is 3. The van der Waals surface area contributed by atoms with Gasteiger partial charge in [-0.1, -0.05) is 0 Å². The van der Waals surface area contributed by atoms with Crippen LogP contribution < -0.4 is 20.7 Å². The van der Waals surface area contributed by atoms with Crippen LogP contribution >= 0.6 is 0 Å². The summed E-state index contributed by atoms with van der Waals surface area (Å²) in [5, 5.41) is 2.61. The largest absolute Gasteiger partial charge is 0.513 e. The van der Waals surface area contributed by atoms with Crippen molar-refractivity contribution in [1.29, 1.82) is 0 Å². The van der Waals surface area contributed by atoms with Gasteiger partial charge in [0.25, 0.3) is 0 Å². The van der Waals surface area contributed by atoms with Crippen LogP contribution in [0.1, 0.15) is 13.8 Å². The van der Waals surface area contributed by atoms with Crippen molar-refractivity contribution in [1.82, 2.24) is 0 Å². The second kappa shape index (κ2) is 8.52. The van der Waals surface area contributed by atoms with Gasteiger partial charge in [0, 0.05) is 18.3 Å². The molecule has 136 valence electrons. The molecule has 0 saturated carbocycles. The molecule has 0 spiro atoms. The third-order valence-corrected chi connectivity index (χ3v) is 3.24. The van der Waals surface area contributed by atoms with E-state index in [2.05, 4.69) is 10.1 Å². The Morgan fingerprint density at radius 1 is 1.04 bits per heavy atom. The maximum Gasteiger partial charge on any atom is 0.513 e. The Hall–Kier alpha value is -3.55. The molecule has 0 heterocycles. The number of hydrogen-bond donors (Lipinski definition) is 2. The SMILES string of the molecule is CCOC(=O)Oc1ccc(NC(=O)N(C(C)=O)c2ccc(N)cc2)cc1. The molecule has 0 bridgehead atoms. The van der Waals surface area contributed by atoms with Gasteiger partial charge in [-0.2, -0.15) is 0 Å². The molecule has 8 nitrogen and oxygen atoms in total. The number of nitrogen functional groups attached to an aromatic ring is 1. The Kier molecular flexibility index (Phi) is 6.15. The van der Waals surface area contributed by atoms with Crippen molar-refractivity contribution in [2.75, 3.05) is 22.6 Å². The van der Waals surface area contributed by atoms with E-state index in [-0.39, 0.29) is 12.4 Å². The van der Waals surface area contributed by atoms with E-state index in [1.807, 2.05) is 0 Å². The van der Waals surface area contributed by atoms with Crippen LogP contribution in [0, 0.1) is 0 Å². The van der Waals surface area contributed by atoms with E-state index >= 15 is 0 Å². The first kappa shape index (κ1) is 18.8. The minimum absolute atomic E-state index is 0.207. The van der Waals surface area contributed by atoms with Gasteiger partial charge in [0.05, 0.1) is 12.3 Å². The molecule has 2 rings (SSSR count). The fourth-order valence-electron chi connectivity index (χ4n) is 2.09. The molecule has 0 fully saturated rings. The number of nitrogens with two attached hydrogens (primary N) is 1. The van der Waals surface area contributed by atoms with Gasteiger partial charge in [0.15, 0.2) is 0 Å². The average molecular weight is 357 g/mol. The minimum atomic E-state index is -0.810. The number of nitrogens with zero attached hydrogens (tertiary/aromatic N) is 1. The fraction of sp³-hybridized carbons (Fsp3) is 0.167. The lowest BCUT2D eigenvalue weighted by atomic mass is 10.2. The normalized spacial score (nSPS) is 9.92. The smallest absolute Gasteiger partial charge is 0.434 e. The number of nitrogens with one attached hydrogen (secondary N) is 1. The van der Waals surface area contributed by atoms with Gasteiger partial charge in [-0.05, 0) is 55.5 Å². The summed E-state index contributed by atoms with van der Waals surface area (Å²) in [5.74, 6) is -0.182. The summed E-state index contributed by atoms with van der Waals surface area (Å²) in [4.78, 5) is 36.5. The summed E-state index contributed by atoms with van der Waals surface area (Å²) in [6.07, 6.45) is -0.810. The number of rotatable bonds is 4. The van der Waals surface area contributed by atoms with Crippen molar-refractivity contribution in [3.05, 3.63) is 48.5 Å². The van der Waals surface area contributed by atoms with E-state index < -0.39 is 18.1 Å². The number of anilines is 3. The monoisotopic (exact) mass is 357 g/mol. The van der Waals surface area contributed by atoms with Gasteiger partial charge < -0.3 is 20.5 Å². The molecular formula is C18H19N3O5. The Balaban J connectivity index is 2.08. The van der Waals surface area contributed by atoms with Crippen LogP contribution in [0.3, 0.4) is 0 Å². The molecule has 2 aromatic carbocycles. The molecule has 2 aromatic rings. The Labute approximate surface area is 150 Å². The number of benzene rings is 2. The Bertz CT molecular complexity index is 787. The molecule has 0 aliphatic rings. The highest BCUT2D eigenvalue weighted by molar-refractivity contribution is 6.17. The Morgan fingerprint density at radius 2 is 1.65 bits per heavy atom. The van der Waals surface area contributed by atoms with E-state index in [0.29, 0.717) is 17.1 Å². The molecule has 0 saturated heterocycles. The number of imide groups is 1. The lowest BCUT2D eigenvalue weighted by molar-refractivity contribution is -0.115. The van der Waals surface area contributed by atoms with Crippen LogP contribution in [0.2, 0.25) is 0 Å². The van der Waals surface area contributed by atoms with Crippen molar-refractivity contribution in [2.45, 2.75) is 13.8 Å². The van der Waals surface area contributed by atoms with Crippen molar-refractivity contribution in [3.8, 4) is 5.75 Å². The molecular weight excluding hydrogens is 338 g/mol. The van der Waals surface area contributed by atoms with Gasteiger partial charge in [-0.3, -0.25) is 4.79 Å². The molecule has 3 N–H and O–H groups in total. The molecule has 0 unspecified atom stereocenters. The predicted octanol–water partition coefficient (Wildman–Crippen LogP) is 3.39. The standard InChI is InChI=1S/C18H19N3O5/c1-3-25-18(24)26-16-10-6-14(7-11-16)20-17(23)21(12(2)22)15-8-4-13(19)5-9-15/h4-11H,3,19H2,1-2H3,(H,20,23). The zero-order chi connectivity index (χ0) is 19.1. The van der Waals surface area contributed by atoms with E-state index in [1.165, 1.54) is 31.2 Å². The van der Waals surface area contributed by atoms with Crippen LogP contribution in [0.15, 0.2) is 48.5 Å². The highest BCUT2D eigenvalue weighted by atomic mass is 16.7. The molecule has 3 amide bonds. The number of hydrogen-bond acceptors (Lipinski definition) is 6. The molecule has 26 heavy (non-hydrogen) atoms. The summed E-state index contributed by atoms with van der Waals surface area (Å²) >= 11 is 0. The first-order valence-electron chi connectivity index (χ1n) is 7.82. The molecule has 8 heteroatoms. The first-order chi connectivity index (χ1) is 12.4. The Morgan fingerprint density at radius 3 is 2.19 bits per heavy atom. The molecule has 0 aromatic heterocycles. The van der Waals surface area contributed by atoms with E-state index in [4.69, 9.17) is 10.5 Å². The predicted molar refractivity (Wildman–Crippen MR) is 97.1 cm³/mol. The van der Waals surface area contributed by atoms with Crippen molar-refractivity contribution < 1.29 is 23.9 Å². The van der Waals surface area contributed by atoms with Crippen LogP contribution in [0.25, 0.3) is 0 Å². The summed E-state index contributed by atoms with van der Waals surface area (Å²) in [6.45, 7) is 3.16. The maximum atomic E-state index is 12.4. The average Bonchev–Trinajstić information content (AvgIpc) is 2.58. The van der Waals surface area contributed by atoms with Crippen molar-refractivity contribution >= 4 is 35.2 Å². The van der Waals surface area contributed by atoms with Crippen molar-refractivity contribution in [2.24, 2.45) is 0 Å². The number of carbonyl (C=O) groups excluding carboxylic acids is 3. The zero-order valence-electron chi connectivity index (χ0n) is 14.4. The molecule has 0 atom stereocenters. The molecule has 0 aliphatic carbocycles. The second-order valence-electron chi connectivity index (χ2n) is 5.19. The summed E-state index contributed by atoms with van der Waals surface area (Å²) in [6, 6.07) is 11.8. The first-order valence-corrected chi connectivity index (χ1v) is 7.82. The summed E-state index contributed by atoms with van der Waals surface area (Å²) < 4.78 is 9.60. The third-order valence-electron chi connectivity index (χ3n) is 3.24. The minimum Gasteiger partial charge on any atom is -0.434 e. The lowest BCUT2D eigenvalue weighted by Crippen LogP contribution is -2.38. The highest BCUT2D eigenvalue weighted by Crippen LogP contribution is 2.20. The van der Waals surface area contributed by atoms with Gasteiger partial charge in [-0.15, -0.1) is 0 Å². The molecule has 0 radical (unpaired) electrons. The lowest BCUT2D eigenvalue weighted by Gasteiger charge is -2.20. The van der Waals surface area contributed by atoms with Crippen LogP contribution in [0.5, 0.6) is 5.75 Å². The zero-order valence-corrected chi connectivity index (χ0v) is 14.4. The van der Waals surface area contributed by atoms with Crippen LogP contribution in [-0.4, -0.2) is 24.7 Å². The van der Waals surface area contributed by atoms with Gasteiger partial charge in [-0.25, -0.2) is 14.5 Å². The third kappa shape index (κ3) is 4.97. The second-order valence-corrected chi connectivity index (χ2v) is 5.19. The van der Waals surface area contributed by atoms with Crippen LogP contribution in [0.4, 0.5) is 26.7 Å². The van der Waals surface area contributed by atoms with E-state index in [1.54, 1.807) is 31.2 Å². The van der Waals surface area contributed by atoms with Gasteiger partial charge in [0.2, 0.25) is 5.91 Å².